The molecule has 9 nitrogen and oxygen atoms in total. The van der Waals surface area contributed by atoms with Gasteiger partial charge in [0.05, 0.1) is 35.2 Å². The standard InChI is InChI=1S/C22H22N6O3/c1-12-6-21(25-8-15(12)7-23)28-26-9-19(27-28)14(3)24-10-20(29)16-4-5-17-18(13(16)2)11-31-22(17)30/h4-6,8-9,14,20,24,29H,10-11H2,1-3H3. The molecule has 2 unspecified atom stereocenters. The number of ether oxygens (including phenoxy) is 1. The quantitative estimate of drug-likeness (QED) is 0.584. The second-order valence-corrected chi connectivity index (χ2v) is 7.56. The number of aromatic nitrogens is 4. The molecule has 0 saturated carbocycles. The molecule has 0 bridgehead atoms. The second kappa shape index (κ2) is 8.26. The van der Waals surface area contributed by atoms with Crippen molar-refractivity contribution in [3.05, 3.63) is 69.7 Å². The Hall–Kier alpha value is -3.61. The molecule has 31 heavy (non-hydrogen) atoms. The molecule has 1 aromatic carbocycles. The van der Waals surface area contributed by atoms with E-state index < -0.39 is 6.10 Å². The van der Waals surface area contributed by atoms with Crippen LogP contribution in [0.2, 0.25) is 0 Å². The van der Waals surface area contributed by atoms with Gasteiger partial charge in [0.25, 0.3) is 0 Å². The number of nitrogens with one attached hydrogen (secondary N) is 1. The zero-order valence-electron chi connectivity index (χ0n) is 17.5. The van der Waals surface area contributed by atoms with Gasteiger partial charge in [-0.2, -0.15) is 15.5 Å². The lowest BCUT2D eigenvalue weighted by Crippen LogP contribution is -2.25. The number of nitrogens with zero attached hydrogens (tertiary/aromatic N) is 5. The molecule has 2 aromatic heterocycles. The summed E-state index contributed by atoms with van der Waals surface area (Å²) < 4.78 is 5.08. The summed E-state index contributed by atoms with van der Waals surface area (Å²) in [5.41, 5.74) is 5.05. The molecule has 0 amide bonds. The first-order valence-corrected chi connectivity index (χ1v) is 9.89. The molecule has 9 heteroatoms. The van der Waals surface area contributed by atoms with E-state index in [4.69, 9.17) is 10.00 Å². The number of esters is 1. The Bertz CT molecular complexity index is 1200. The monoisotopic (exact) mass is 418 g/mol. The van der Waals surface area contributed by atoms with Gasteiger partial charge in [-0.15, -0.1) is 4.80 Å². The van der Waals surface area contributed by atoms with Gasteiger partial charge in [-0.25, -0.2) is 9.78 Å². The zero-order valence-corrected chi connectivity index (χ0v) is 17.5. The number of hydrogen-bond donors (Lipinski definition) is 2. The minimum Gasteiger partial charge on any atom is -0.457 e. The average molecular weight is 418 g/mol. The molecule has 1 aliphatic heterocycles. The molecule has 1 aliphatic rings. The fraction of sp³-hybridized carbons (Fsp3) is 0.318. The van der Waals surface area contributed by atoms with Gasteiger partial charge in [0.15, 0.2) is 5.82 Å². The summed E-state index contributed by atoms with van der Waals surface area (Å²) in [5, 5.41) is 31.7. The Balaban J connectivity index is 1.43. The lowest BCUT2D eigenvalue weighted by Gasteiger charge is -2.18. The van der Waals surface area contributed by atoms with E-state index >= 15 is 0 Å². The Morgan fingerprint density at radius 2 is 2.16 bits per heavy atom. The number of pyridine rings is 1. The van der Waals surface area contributed by atoms with Crippen LogP contribution in [0.3, 0.4) is 0 Å². The number of benzene rings is 1. The van der Waals surface area contributed by atoms with Crippen molar-refractivity contribution in [1.29, 1.82) is 5.26 Å². The molecule has 0 saturated heterocycles. The highest BCUT2D eigenvalue weighted by atomic mass is 16.5. The fourth-order valence-corrected chi connectivity index (χ4v) is 3.58. The number of aryl methyl sites for hydroxylation is 1. The maximum Gasteiger partial charge on any atom is 0.338 e. The third-order valence-electron chi connectivity index (χ3n) is 5.56. The molecule has 158 valence electrons. The van der Waals surface area contributed by atoms with Crippen molar-refractivity contribution < 1.29 is 14.6 Å². The lowest BCUT2D eigenvalue weighted by molar-refractivity contribution is 0.0535. The summed E-state index contributed by atoms with van der Waals surface area (Å²) in [6.07, 6.45) is 2.40. The van der Waals surface area contributed by atoms with Gasteiger partial charge in [0.2, 0.25) is 0 Å². The number of carbonyl (C=O) groups is 1. The van der Waals surface area contributed by atoms with Gasteiger partial charge >= 0.3 is 5.97 Å². The van der Waals surface area contributed by atoms with Gasteiger partial charge < -0.3 is 15.2 Å². The van der Waals surface area contributed by atoms with Crippen LogP contribution in [0.5, 0.6) is 0 Å². The number of cyclic esters (lactones) is 1. The van der Waals surface area contributed by atoms with Crippen molar-refractivity contribution in [2.45, 2.75) is 39.5 Å². The van der Waals surface area contributed by atoms with Crippen LogP contribution >= 0.6 is 0 Å². The predicted octanol–water partition coefficient (Wildman–Crippen LogP) is 2.21. The first-order valence-electron chi connectivity index (χ1n) is 9.89. The first-order chi connectivity index (χ1) is 14.9. The van der Waals surface area contributed by atoms with Crippen molar-refractivity contribution >= 4 is 5.97 Å². The van der Waals surface area contributed by atoms with E-state index in [0.29, 0.717) is 29.2 Å². The maximum absolute atomic E-state index is 11.7. The number of fused-ring (bicyclic) bond motifs is 1. The number of nitriles is 1. The highest BCUT2D eigenvalue weighted by Gasteiger charge is 2.25. The normalized spacial score (nSPS) is 14.6. The van der Waals surface area contributed by atoms with Crippen LogP contribution < -0.4 is 5.32 Å². The molecular weight excluding hydrogens is 396 g/mol. The van der Waals surface area contributed by atoms with E-state index in [-0.39, 0.29) is 18.6 Å². The molecule has 3 aromatic rings. The predicted molar refractivity (Wildman–Crippen MR) is 110 cm³/mol. The van der Waals surface area contributed by atoms with E-state index in [2.05, 4.69) is 26.6 Å². The second-order valence-electron chi connectivity index (χ2n) is 7.56. The van der Waals surface area contributed by atoms with Crippen LogP contribution in [0.15, 0.2) is 30.6 Å². The van der Waals surface area contributed by atoms with Crippen LogP contribution in [-0.4, -0.2) is 37.6 Å². The summed E-state index contributed by atoms with van der Waals surface area (Å²) in [5.74, 6) is 0.210. The van der Waals surface area contributed by atoms with Gasteiger partial charge in [-0.05, 0) is 49.6 Å². The molecule has 2 atom stereocenters. The third-order valence-corrected chi connectivity index (χ3v) is 5.56. The molecule has 2 N–H and O–H groups in total. The van der Waals surface area contributed by atoms with Crippen molar-refractivity contribution in [3.8, 4) is 11.9 Å². The first kappa shape index (κ1) is 20.7. The van der Waals surface area contributed by atoms with Crippen LogP contribution in [-0.2, 0) is 11.3 Å². The van der Waals surface area contributed by atoms with Gasteiger partial charge in [-0.3, -0.25) is 0 Å². The molecule has 0 aliphatic carbocycles. The Kier molecular flexibility index (Phi) is 5.50. The molecule has 3 heterocycles. The van der Waals surface area contributed by atoms with Crippen LogP contribution in [0.4, 0.5) is 0 Å². The van der Waals surface area contributed by atoms with Gasteiger partial charge in [-0.1, -0.05) is 6.07 Å². The van der Waals surface area contributed by atoms with Crippen molar-refractivity contribution in [2.75, 3.05) is 6.54 Å². The Morgan fingerprint density at radius 1 is 1.35 bits per heavy atom. The van der Waals surface area contributed by atoms with Crippen molar-refractivity contribution in [1.82, 2.24) is 25.3 Å². The van der Waals surface area contributed by atoms with E-state index in [1.54, 1.807) is 24.4 Å². The lowest BCUT2D eigenvalue weighted by atomic mass is 9.95. The van der Waals surface area contributed by atoms with Crippen LogP contribution in [0.25, 0.3) is 5.82 Å². The molecule has 4 rings (SSSR count). The minimum absolute atomic E-state index is 0.164. The molecular formula is C22H22N6O3. The van der Waals surface area contributed by atoms with E-state index in [1.807, 2.05) is 20.8 Å². The number of aliphatic hydroxyl groups excluding tert-OH is 1. The number of rotatable bonds is 6. The largest absolute Gasteiger partial charge is 0.457 e. The topological polar surface area (TPSA) is 126 Å². The zero-order chi connectivity index (χ0) is 22.1. The third kappa shape index (κ3) is 3.91. The average Bonchev–Trinajstić information content (AvgIpc) is 3.40. The van der Waals surface area contributed by atoms with Crippen molar-refractivity contribution in [2.24, 2.45) is 0 Å². The molecule has 0 fully saturated rings. The Labute approximate surface area is 179 Å². The van der Waals surface area contributed by atoms with Crippen LogP contribution in [0.1, 0.15) is 62.9 Å². The smallest absolute Gasteiger partial charge is 0.338 e. The Morgan fingerprint density at radius 3 is 2.90 bits per heavy atom. The van der Waals surface area contributed by atoms with Crippen molar-refractivity contribution in [3.63, 3.8) is 0 Å². The van der Waals surface area contributed by atoms with E-state index in [1.165, 1.54) is 11.0 Å². The highest BCUT2D eigenvalue weighted by Crippen LogP contribution is 2.29. The van der Waals surface area contributed by atoms with E-state index in [0.717, 1.165) is 22.3 Å². The summed E-state index contributed by atoms with van der Waals surface area (Å²) in [6.45, 7) is 6.21. The summed E-state index contributed by atoms with van der Waals surface area (Å²) in [7, 11) is 0. The van der Waals surface area contributed by atoms with Gasteiger partial charge in [0, 0.05) is 18.3 Å². The van der Waals surface area contributed by atoms with E-state index in [9.17, 15) is 9.90 Å². The highest BCUT2D eigenvalue weighted by molar-refractivity contribution is 5.93. The minimum atomic E-state index is -0.749. The summed E-state index contributed by atoms with van der Waals surface area (Å²) in [4.78, 5) is 17.3. The maximum atomic E-state index is 11.7. The van der Waals surface area contributed by atoms with Gasteiger partial charge in [0.1, 0.15) is 12.7 Å². The SMILES string of the molecule is Cc1cc(-n2ncc(C(C)NCC(O)c3ccc4c(c3C)COC4=O)n2)ncc1C#N. The number of carbonyl (C=O) groups excluding carboxylic acids is 1. The summed E-state index contributed by atoms with van der Waals surface area (Å²) in [6, 6.07) is 7.16. The molecule has 0 radical (unpaired) electrons. The molecule has 0 spiro atoms. The summed E-state index contributed by atoms with van der Waals surface area (Å²) >= 11 is 0. The van der Waals surface area contributed by atoms with Crippen LogP contribution in [0, 0.1) is 25.2 Å². The number of hydrogen-bond acceptors (Lipinski definition) is 8. The fourth-order valence-electron chi connectivity index (χ4n) is 3.58. The number of aliphatic hydroxyl groups is 1.